The summed E-state index contributed by atoms with van der Waals surface area (Å²) in [6.45, 7) is 1.60. The van der Waals surface area contributed by atoms with E-state index in [9.17, 15) is 4.39 Å². The lowest BCUT2D eigenvalue weighted by atomic mass is 10.4. The molecule has 0 unspecified atom stereocenters. The molecule has 0 saturated carbocycles. The summed E-state index contributed by atoms with van der Waals surface area (Å²) in [6, 6.07) is 0. The quantitative estimate of drug-likeness (QED) is 0.703. The number of halogens is 1. The number of aromatic nitrogens is 2. The molecule has 1 saturated heterocycles. The zero-order valence-corrected chi connectivity index (χ0v) is 7.07. The highest BCUT2D eigenvalue weighted by atomic mass is 19.1. The summed E-state index contributed by atoms with van der Waals surface area (Å²) in [6.07, 6.45) is 3.26. The Hall–Kier alpha value is -1.39. The first kappa shape index (κ1) is 8.22. The van der Waals surface area contributed by atoms with Gasteiger partial charge in [0, 0.05) is 13.1 Å². The van der Waals surface area contributed by atoms with Gasteiger partial charge in [-0.3, -0.25) is 0 Å². The topological polar surface area (TPSA) is 49.3 Å². The average Bonchev–Trinajstić information content (AvgIpc) is 2.62. The van der Waals surface area contributed by atoms with Crippen molar-refractivity contribution in [3.63, 3.8) is 0 Å². The molecule has 0 bridgehead atoms. The first-order valence-electron chi connectivity index (χ1n) is 4.23. The van der Waals surface area contributed by atoms with Gasteiger partial charge in [0.1, 0.15) is 6.33 Å². The van der Waals surface area contributed by atoms with Gasteiger partial charge in [-0.25, -0.2) is 4.98 Å². The van der Waals surface area contributed by atoms with Gasteiger partial charge in [0.05, 0.1) is 0 Å². The molecule has 1 aliphatic heterocycles. The standard InChI is InChI=1S/C8H10FN3O/c9-6-7(10-5-11-8(6)13)12-3-1-2-4-12/h5H,1-4H2,(H,10,11,13). The zero-order valence-electron chi connectivity index (χ0n) is 7.07. The van der Waals surface area contributed by atoms with Crippen LogP contribution in [0.2, 0.25) is 0 Å². The van der Waals surface area contributed by atoms with Crippen molar-refractivity contribution in [2.24, 2.45) is 0 Å². The van der Waals surface area contributed by atoms with Crippen molar-refractivity contribution in [1.29, 1.82) is 0 Å². The molecule has 70 valence electrons. The number of hydrogen-bond acceptors (Lipinski definition) is 4. The molecule has 1 fully saturated rings. The first-order valence-corrected chi connectivity index (χ1v) is 4.23. The normalized spacial score (nSPS) is 16.5. The van der Waals surface area contributed by atoms with Gasteiger partial charge in [0.25, 0.3) is 5.88 Å². The van der Waals surface area contributed by atoms with Gasteiger partial charge in [0.15, 0.2) is 5.82 Å². The van der Waals surface area contributed by atoms with E-state index in [1.54, 1.807) is 0 Å². The van der Waals surface area contributed by atoms with Gasteiger partial charge in [-0.15, -0.1) is 0 Å². The summed E-state index contributed by atoms with van der Waals surface area (Å²) in [4.78, 5) is 8.97. The van der Waals surface area contributed by atoms with Crippen LogP contribution in [0.1, 0.15) is 12.8 Å². The Morgan fingerprint density at radius 2 is 2.00 bits per heavy atom. The summed E-state index contributed by atoms with van der Waals surface area (Å²) >= 11 is 0. The zero-order chi connectivity index (χ0) is 9.26. The minimum atomic E-state index is -0.718. The number of rotatable bonds is 1. The van der Waals surface area contributed by atoms with Crippen molar-refractivity contribution in [3.8, 4) is 5.88 Å². The molecule has 0 atom stereocenters. The Balaban J connectivity index is 2.33. The number of hydrogen-bond donors (Lipinski definition) is 1. The predicted molar refractivity (Wildman–Crippen MR) is 45.1 cm³/mol. The van der Waals surface area contributed by atoms with Crippen LogP contribution in [0.4, 0.5) is 10.2 Å². The Morgan fingerprint density at radius 1 is 1.31 bits per heavy atom. The number of nitrogens with zero attached hydrogens (tertiary/aromatic N) is 3. The fraction of sp³-hybridized carbons (Fsp3) is 0.500. The van der Waals surface area contributed by atoms with Gasteiger partial charge < -0.3 is 10.0 Å². The average molecular weight is 183 g/mol. The van der Waals surface area contributed by atoms with Crippen molar-refractivity contribution in [2.75, 3.05) is 18.0 Å². The molecule has 1 aromatic heterocycles. The van der Waals surface area contributed by atoms with E-state index in [2.05, 4.69) is 9.97 Å². The minimum absolute atomic E-state index is 0.213. The van der Waals surface area contributed by atoms with Crippen molar-refractivity contribution in [2.45, 2.75) is 12.8 Å². The second-order valence-electron chi connectivity index (χ2n) is 3.03. The summed E-state index contributed by atoms with van der Waals surface area (Å²) in [5.41, 5.74) is 0. The highest BCUT2D eigenvalue weighted by Crippen LogP contribution is 2.24. The monoisotopic (exact) mass is 183 g/mol. The van der Waals surface area contributed by atoms with E-state index in [1.165, 1.54) is 6.33 Å². The van der Waals surface area contributed by atoms with Crippen molar-refractivity contribution >= 4 is 5.82 Å². The molecule has 1 aliphatic rings. The van der Waals surface area contributed by atoms with Crippen LogP contribution in [-0.4, -0.2) is 28.2 Å². The maximum absolute atomic E-state index is 13.2. The van der Waals surface area contributed by atoms with E-state index in [1.807, 2.05) is 4.90 Å². The highest BCUT2D eigenvalue weighted by Gasteiger charge is 2.19. The highest BCUT2D eigenvalue weighted by molar-refractivity contribution is 5.43. The van der Waals surface area contributed by atoms with Crippen LogP contribution >= 0.6 is 0 Å². The summed E-state index contributed by atoms with van der Waals surface area (Å²) in [5.74, 6) is -1.08. The van der Waals surface area contributed by atoms with E-state index in [0.29, 0.717) is 0 Å². The van der Waals surface area contributed by atoms with Crippen LogP contribution in [0.25, 0.3) is 0 Å². The van der Waals surface area contributed by atoms with Crippen LogP contribution in [0.5, 0.6) is 5.88 Å². The third kappa shape index (κ3) is 1.41. The fourth-order valence-electron chi connectivity index (χ4n) is 1.50. The van der Waals surface area contributed by atoms with Crippen LogP contribution in [0.15, 0.2) is 6.33 Å². The lowest BCUT2D eigenvalue weighted by molar-refractivity contribution is 0.408. The second kappa shape index (κ2) is 3.16. The Labute approximate surface area is 75.0 Å². The molecule has 1 aromatic rings. The molecule has 0 amide bonds. The molecule has 2 heterocycles. The van der Waals surface area contributed by atoms with E-state index < -0.39 is 11.7 Å². The molecule has 13 heavy (non-hydrogen) atoms. The molecule has 0 radical (unpaired) electrons. The number of aromatic hydroxyl groups is 1. The van der Waals surface area contributed by atoms with Crippen molar-refractivity contribution < 1.29 is 9.50 Å². The predicted octanol–water partition coefficient (Wildman–Crippen LogP) is 0.921. The molecule has 1 N–H and O–H groups in total. The fourth-order valence-corrected chi connectivity index (χ4v) is 1.50. The van der Waals surface area contributed by atoms with E-state index in [4.69, 9.17) is 5.11 Å². The SMILES string of the molecule is Oc1ncnc(N2CCCC2)c1F. The summed E-state index contributed by atoms with van der Waals surface area (Å²) in [5, 5.41) is 9.01. The van der Waals surface area contributed by atoms with Gasteiger partial charge in [-0.05, 0) is 12.8 Å². The summed E-state index contributed by atoms with van der Waals surface area (Å²) in [7, 11) is 0. The molecular formula is C8H10FN3O. The lowest BCUT2D eigenvalue weighted by Gasteiger charge is -2.16. The molecule has 0 spiro atoms. The Kier molecular flexibility index (Phi) is 2.00. The van der Waals surface area contributed by atoms with E-state index >= 15 is 0 Å². The molecule has 0 aliphatic carbocycles. The van der Waals surface area contributed by atoms with Gasteiger partial charge in [-0.1, -0.05) is 0 Å². The maximum Gasteiger partial charge on any atom is 0.253 e. The first-order chi connectivity index (χ1) is 6.29. The van der Waals surface area contributed by atoms with Gasteiger partial charge in [0.2, 0.25) is 5.82 Å². The van der Waals surface area contributed by atoms with Crippen LogP contribution in [0.3, 0.4) is 0 Å². The van der Waals surface area contributed by atoms with Crippen LogP contribution in [-0.2, 0) is 0 Å². The van der Waals surface area contributed by atoms with Gasteiger partial charge in [-0.2, -0.15) is 9.37 Å². The van der Waals surface area contributed by atoms with E-state index in [-0.39, 0.29) is 5.82 Å². The van der Waals surface area contributed by atoms with Crippen molar-refractivity contribution in [1.82, 2.24) is 9.97 Å². The Morgan fingerprint density at radius 3 is 2.69 bits per heavy atom. The van der Waals surface area contributed by atoms with Crippen LogP contribution in [0, 0.1) is 5.82 Å². The van der Waals surface area contributed by atoms with E-state index in [0.717, 1.165) is 25.9 Å². The maximum atomic E-state index is 13.2. The second-order valence-corrected chi connectivity index (χ2v) is 3.03. The molecule has 5 heteroatoms. The smallest absolute Gasteiger partial charge is 0.253 e. The summed E-state index contributed by atoms with van der Waals surface area (Å²) < 4.78 is 13.2. The molecular weight excluding hydrogens is 173 g/mol. The molecule has 4 nitrogen and oxygen atoms in total. The van der Waals surface area contributed by atoms with Gasteiger partial charge >= 0.3 is 0 Å². The molecule has 0 aromatic carbocycles. The number of anilines is 1. The minimum Gasteiger partial charge on any atom is -0.491 e. The van der Waals surface area contributed by atoms with Crippen LogP contribution < -0.4 is 4.90 Å². The third-order valence-corrected chi connectivity index (χ3v) is 2.16. The van der Waals surface area contributed by atoms with Crippen molar-refractivity contribution in [3.05, 3.63) is 12.1 Å². The third-order valence-electron chi connectivity index (χ3n) is 2.16. The largest absolute Gasteiger partial charge is 0.491 e. The molecule has 2 rings (SSSR count). The lowest BCUT2D eigenvalue weighted by Crippen LogP contribution is -2.20. The Bertz CT molecular complexity index is 312.